The molecule has 0 unspecified atom stereocenters. The van der Waals surface area contributed by atoms with Crippen molar-refractivity contribution in [2.24, 2.45) is 0 Å². The summed E-state index contributed by atoms with van der Waals surface area (Å²) in [6.45, 7) is 0.0437. The van der Waals surface area contributed by atoms with Gasteiger partial charge in [-0.15, -0.1) is 0 Å². The molecule has 0 saturated heterocycles. The first-order chi connectivity index (χ1) is 16.0. The van der Waals surface area contributed by atoms with Crippen LogP contribution in [-0.4, -0.2) is 31.8 Å². The van der Waals surface area contributed by atoms with Gasteiger partial charge in [-0.05, 0) is 54.6 Å². The number of carbonyl (C=O) groups excluding carboxylic acids is 2. The quantitative estimate of drug-likeness (QED) is 0.444. The van der Waals surface area contributed by atoms with Crippen molar-refractivity contribution in [2.75, 3.05) is 16.6 Å². The molecule has 0 radical (unpaired) electrons. The number of anilines is 2. The lowest BCUT2D eigenvalue weighted by atomic mass is 10.2. The molecule has 8 nitrogen and oxygen atoms in total. The van der Waals surface area contributed by atoms with Gasteiger partial charge < -0.3 is 10.6 Å². The van der Waals surface area contributed by atoms with E-state index in [4.69, 9.17) is 0 Å². The van der Waals surface area contributed by atoms with Crippen LogP contribution in [0.25, 0.3) is 0 Å². The molecular formula is C22H19F3N4O4S. The van der Waals surface area contributed by atoms with Crippen molar-refractivity contribution in [2.45, 2.75) is 17.5 Å². The van der Waals surface area contributed by atoms with Crippen LogP contribution in [0.15, 0.2) is 78.0 Å². The number of hydrogen-bond acceptors (Lipinski definition) is 5. The lowest BCUT2D eigenvalue weighted by Crippen LogP contribution is -2.27. The Morgan fingerprint density at radius 1 is 0.941 bits per heavy atom. The number of alkyl halides is 3. The molecule has 2 amide bonds. The van der Waals surface area contributed by atoms with Crippen LogP contribution in [0.3, 0.4) is 0 Å². The molecule has 3 N–H and O–H groups in total. The topological polar surface area (TPSA) is 117 Å². The number of carbonyl (C=O) groups is 2. The largest absolute Gasteiger partial charge is 0.416 e. The van der Waals surface area contributed by atoms with E-state index >= 15 is 0 Å². The second kappa shape index (κ2) is 10.3. The van der Waals surface area contributed by atoms with Crippen LogP contribution in [0.5, 0.6) is 0 Å². The molecule has 3 rings (SSSR count). The van der Waals surface area contributed by atoms with Crippen molar-refractivity contribution >= 4 is 33.2 Å². The average molecular weight is 492 g/mol. The average Bonchev–Trinajstić information content (AvgIpc) is 2.79. The Labute approximate surface area is 193 Å². The van der Waals surface area contributed by atoms with Gasteiger partial charge in [-0.25, -0.2) is 8.42 Å². The molecular weight excluding hydrogens is 473 g/mol. The molecule has 3 aromatic rings. The van der Waals surface area contributed by atoms with E-state index in [1.807, 2.05) is 0 Å². The molecule has 1 aromatic heterocycles. The summed E-state index contributed by atoms with van der Waals surface area (Å²) in [4.78, 5) is 27.8. The normalized spacial score (nSPS) is 11.5. The number of halogens is 3. The SMILES string of the molecule is O=C(CCNC(=O)c1ccc(S(=O)(=O)Nc2cccc(C(F)(F)F)c2)cc1)Nc1cccnc1. The zero-order chi connectivity index (χ0) is 24.8. The molecule has 0 aliphatic rings. The third-order valence-corrected chi connectivity index (χ3v) is 5.85. The summed E-state index contributed by atoms with van der Waals surface area (Å²) in [6, 6.07) is 11.9. The van der Waals surface area contributed by atoms with E-state index in [9.17, 15) is 31.2 Å². The van der Waals surface area contributed by atoms with E-state index in [2.05, 4.69) is 20.3 Å². The minimum atomic E-state index is -4.62. The van der Waals surface area contributed by atoms with Gasteiger partial charge in [0.2, 0.25) is 5.91 Å². The zero-order valence-corrected chi connectivity index (χ0v) is 18.3. The van der Waals surface area contributed by atoms with Gasteiger partial charge in [0.15, 0.2) is 0 Å². The highest BCUT2D eigenvalue weighted by atomic mass is 32.2. The summed E-state index contributed by atoms with van der Waals surface area (Å²) in [5.74, 6) is -0.848. The second-order valence-electron chi connectivity index (χ2n) is 7.00. The molecule has 34 heavy (non-hydrogen) atoms. The second-order valence-corrected chi connectivity index (χ2v) is 8.69. The third kappa shape index (κ3) is 6.78. The number of nitrogens with one attached hydrogen (secondary N) is 3. The fourth-order valence-corrected chi connectivity index (χ4v) is 3.86. The van der Waals surface area contributed by atoms with Crippen molar-refractivity contribution in [1.82, 2.24) is 10.3 Å². The van der Waals surface area contributed by atoms with Crippen molar-refractivity contribution in [3.8, 4) is 0 Å². The summed E-state index contributed by atoms with van der Waals surface area (Å²) in [5.41, 5.74) is -0.574. The number of benzene rings is 2. The summed E-state index contributed by atoms with van der Waals surface area (Å²) in [7, 11) is -4.18. The highest BCUT2D eigenvalue weighted by Crippen LogP contribution is 2.31. The van der Waals surface area contributed by atoms with Gasteiger partial charge in [0.05, 0.1) is 22.3 Å². The fourth-order valence-electron chi connectivity index (χ4n) is 2.81. The number of aromatic nitrogens is 1. The smallest absolute Gasteiger partial charge is 0.352 e. The number of nitrogens with zero attached hydrogens (tertiary/aromatic N) is 1. The van der Waals surface area contributed by atoms with Crippen LogP contribution in [0, 0.1) is 0 Å². The van der Waals surface area contributed by atoms with Gasteiger partial charge in [-0.1, -0.05) is 6.07 Å². The van der Waals surface area contributed by atoms with Crippen LogP contribution in [0.1, 0.15) is 22.3 Å². The number of rotatable bonds is 8. The zero-order valence-electron chi connectivity index (χ0n) is 17.5. The summed E-state index contributed by atoms with van der Waals surface area (Å²) >= 11 is 0. The summed E-state index contributed by atoms with van der Waals surface area (Å²) in [5, 5.41) is 5.17. The Morgan fingerprint density at radius 3 is 2.29 bits per heavy atom. The molecule has 0 atom stereocenters. The lowest BCUT2D eigenvalue weighted by molar-refractivity contribution is -0.137. The maximum Gasteiger partial charge on any atom is 0.416 e. The lowest BCUT2D eigenvalue weighted by Gasteiger charge is -2.12. The van der Waals surface area contributed by atoms with Crippen molar-refractivity contribution in [3.05, 3.63) is 84.2 Å². The first-order valence-electron chi connectivity index (χ1n) is 9.83. The van der Waals surface area contributed by atoms with E-state index in [1.54, 1.807) is 18.3 Å². The standard InChI is InChI=1S/C22H19F3N4O4S/c23-22(24,25)16-3-1-4-17(13-16)29-34(32,33)19-8-6-15(7-9-19)21(31)27-12-10-20(30)28-18-5-2-11-26-14-18/h1-9,11,13-14,29H,10,12H2,(H,27,31)(H,28,30). The predicted octanol–water partition coefficient (Wildman–Crippen LogP) is 3.66. The number of pyridine rings is 1. The molecule has 0 saturated carbocycles. The van der Waals surface area contributed by atoms with E-state index < -0.39 is 27.7 Å². The molecule has 0 bridgehead atoms. The Balaban J connectivity index is 1.56. The maximum absolute atomic E-state index is 12.8. The summed E-state index contributed by atoms with van der Waals surface area (Å²) in [6.07, 6.45) is -1.56. The Hall–Kier alpha value is -3.93. The number of sulfonamides is 1. The van der Waals surface area contributed by atoms with E-state index in [-0.39, 0.29) is 35.0 Å². The molecule has 0 aliphatic carbocycles. The van der Waals surface area contributed by atoms with Crippen molar-refractivity contribution in [3.63, 3.8) is 0 Å². The van der Waals surface area contributed by atoms with Crippen molar-refractivity contribution in [1.29, 1.82) is 0 Å². The third-order valence-electron chi connectivity index (χ3n) is 4.45. The predicted molar refractivity (Wildman–Crippen MR) is 119 cm³/mol. The van der Waals surface area contributed by atoms with Gasteiger partial charge >= 0.3 is 6.18 Å². The monoisotopic (exact) mass is 492 g/mol. The Morgan fingerprint density at radius 2 is 1.65 bits per heavy atom. The molecule has 0 fully saturated rings. The molecule has 0 spiro atoms. The first kappa shape index (κ1) is 24.7. The minimum Gasteiger partial charge on any atom is -0.352 e. The maximum atomic E-state index is 12.8. The van der Waals surface area contributed by atoms with E-state index in [1.165, 1.54) is 24.4 Å². The van der Waals surface area contributed by atoms with Gasteiger partial charge in [-0.2, -0.15) is 13.2 Å². The van der Waals surface area contributed by atoms with Gasteiger partial charge in [0, 0.05) is 30.4 Å². The first-order valence-corrected chi connectivity index (χ1v) is 11.3. The van der Waals surface area contributed by atoms with E-state index in [0.717, 1.165) is 24.3 Å². The molecule has 1 heterocycles. The highest BCUT2D eigenvalue weighted by Gasteiger charge is 2.30. The van der Waals surface area contributed by atoms with Crippen LogP contribution in [-0.2, 0) is 21.0 Å². The summed E-state index contributed by atoms with van der Waals surface area (Å²) < 4.78 is 65.6. The van der Waals surface area contributed by atoms with Crippen LogP contribution >= 0.6 is 0 Å². The van der Waals surface area contributed by atoms with Crippen LogP contribution < -0.4 is 15.4 Å². The highest BCUT2D eigenvalue weighted by molar-refractivity contribution is 7.92. The van der Waals surface area contributed by atoms with Gasteiger partial charge in [0.25, 0.3) is 15.9 Å². The molecule has 0 aliphatic heterocycles. The van der Waals surface area contributed by atoms with Gasteiger partial charge in [0.1, 0.15) is 0 Å². The van der Waals surface area contributed by atoms with Crippen LogP contribution in [0.4, 0.5) is 24.5 Å². The molecule has 178 valence electrons. The van der Waals surface area contributed by atoms with Crippen molar-refractivity contribution < 1.29 is 31.2 Å². The fraction of sp³-hybridized carbons (Fsp3) is 0.136. The molecule has 12 heteroatoms. The van der Waals surface area contributed by atoms with Gasteiger partial charge in [-0.3, -0.25) is 19.3 Å². The number of amides is 2. The Kier molecular flexibility index (Phi) is 7.51. The number of hydrogen-bond donors (Lipinski definition) is 3. The Bertz CT molecular complexity index is 1270. The van der Waals surface area contributed by atoms with E-state index in [0.29, 0.717) is 11.8 Å². The van der Waals surface area contributed by atoms with Crippen LogP contribution in [0.2, 0.25) is 0 Å². The minimum absolute atomic E-state index is 0.00794. The molecule has 2 aromatic carbocycles.